The number of carboxylic acids is 1. The van der Waals surface area contributed by atoms with E-state index in [0.29, 0.717) is 6.54 Å². The van der Waals surface area contributed by atoms with Crippen LogP contribution in [0.2, 0.25) is 0 Å². The van der Waals surface area contributed by atoms with Gasteiger partial charge in [-0.05, 0) is 32.6 Å². The number of amides is 2. The second-order valence-corrected chi connectivity index (χ2v) is 4.94. The van der Waals surface area contributed by atoms with E-state index in [-0.39, 0.29) is 5.92 Å². The van der Waals surface area contributed by atoms with Crippen molar-refractivity contribution in [2.75, 3.05) is 13.7 Å². The average molecular weight is 244 g/mol. The quantitative estimate of drug-likeness (QED) is 0.637. The SMILES string of the molecule is COC(C)(C)CNC(=O)NC(C(=O)O)C1CC1. The van der Waals surface area contributed by atoms with Crippen molar-refractivity contribution in [2.45, 2.75) is 38.3 Å². The van der Waals surface area contributed by atoms with Gasteiger partial charge in [0.05, 0.1) is 5.60 Å². The molecule has 0 heterocycles. The number of carbonyl (C=O) groups excluding carboxylic acids is 1. The summed E-state index contributed by atoms with van der Waals surface area (Å²) in [7, 11) is 1.56. The zero-order valence-corrected chi connectivity index (χ0v) is 10.4. The topological polar surface area (TPSA) is 87.7 Å². The van der Waals surface area contributed by atoms with Crippen LogP contribution in [0.25, 0.3) is 0 Å². The molecule has 1 fully saturated rings. The molecule has 17 heavy (non-hydrogen) atoms. The molecule has 0 aromatic heterocycles. The maximum atomic E-state index is 11.5. The molecule has 1 atom stereocenters. The monoisotopic (exact) mass is 244 g/mol. The Hall–Kier alpha value is -1.30. The third-order valence-corrected chi connectivity index (χ3v) is 2.87. The van der Waals surface area contributed by atoms with E-state index >= 15 is 0 Å². The van der Waals surface area contributed by atoms with Gasteiger partial charge in [0.2, 0.25) is 0 Å². The average Bonchev–Trinajstić information content (AvgIpc) is 3.06. The Morgan fingerprint density at radius 2 is 2.06 bits per heavy atom. The second kappa shape index (κ2) is 5.35. The third kappa shape index (κ3) is 4.60. The summed E-state index contributed by atoms with van der Waals surface area (Å²) in [5.41, 5.74) is -0.463. The van der Waals surface area contributed by atoms with Crippen molar-refractivity contribution in [1.82, 2.24) is 10.6 Å². The minimum atomic E-state index is -0.978. The molecule has 0 aliphatic heterocycles. The van der Waals surface area contributed by atoms with Gasteiger partial charge in [-0.3, -0.25) is 0 Å². The fourth-order valence-corrected chi connectivity index (χ4v) is 1.37. The summed E-state index contributed by atoms with van der Waals surface area (Å²) in [6.07, 6.45) is 1.72. The molecule has 0 radical (unpaired) electrons. The summed E-state index contributed by atoms with van der Waals surface area (Å²) < 4.78 is 5.14. The first kappa shape index (κ1) is 13.8. The summed E-state index contributed by atoms with van der Waals surface area (Å²) >= 11 is 0. The van der Waals surface area contributed by atoms with Crippen LogP contribution in [0.3, 0.4) is 0 Å². The number of rotatable bonds is 6. The van der Waals surface area contributed by atoms with Gasteiger partial charge in [0.25, 0.3) is 0 Å². The number of carboxylic acid groups (broad SMARTS) is 1. The Bertz CT molecular complexity index is 300. The summed E-state index contributed by atoms with van der Waals surface area (Å²) in [5.74, 6) is -0.901. The second-order valence-electron chi connectivity index (χ2n) is 4.94. The molecule has 1 unspecified atom stereocenters. The highest BCUT2D eigenvalue weighted by molar-refractivity contribution is 5.83. The van der Waals surface area contributed by atoms with Gasteiger partial charge < -0.3 is 20.5 Å². The van der Waals surface area contributed by atoms with Gasteiger partial charge in [0, 0.05) is 13.7 Å². The van der Waals surface area contributed by atoms with Crippen LogP contribution in [0.4, 0.5) is 4.79 Å². The fourth-order valence-electron chi connectivity index (χ4n) is 1.37. The Morgan fingerprint density at radius 1 is 1.47 bits per heavy atom. The smallest absolute Gasteiger partial charge is 0.326 e. The minimum Gasteiger partial charge on any atom is -0.480 e. The van der Waals surface area contributed by atoms with Gasteiger partial charge >= 0.3 is 12.0 Å². The van der Waals surface area contributed by atoms with Crippen LogP contribution < -0.4 is 10.6 Å². The highest BCUT2D eigenvalue weighted by Gasteiger charge is 2.37. The van der Waals surface area contributed by atoms with Crippen LogP contribution in [0.5, 0.6) is 0 Å². The molecule has 1 aliphatic carbocycles. The lowest BCUT2D eigenvalue weighted by Crippen LogP contribution is -2.50. The summed E-state index contributed by atoms with van der Waals surface area (Å²) in [6.45, 7) is 4.00. The first-order chi connectivity index (χ1) is 7.85. The zero-order chi connectivity index (χ0) is 13.1. The maximum Gasteiger partial charge on any atom is 0.326 e. The van der Waals surface area contributed by atoms with Crippen LogP contribution in [0.15, 0.2) is 0 Å². The van der Waals surface area contributed by atoms with Crippen molar-refractivity contribution in [3.63, 3.8) is 0 Å². The minimum absolute atomic E-state index is 0.0775. The Morgan fingerprint density at radius 3 is 2.47 bits per heavy atom. The van der Waals surface area contributed by atoms with Gasteiger partial charge in [-0.25, -0.2) is 9.59 Å². The number of urea groups is 1. The Balaban J connectivity index is 2.35. The summed E-state index contributed by atoms with van der Waals surface area (Å²) in [4.78, 5) is 22.4. The molecule has 0 aromatic carbocycles. The number of nitrogens with one attached hydrogen (secondary N) is 2. The van der Waals surface area contributed by atoms with E-state index in [1.807, 2.05) is 13.8 Å². The standard InChI is InChI=1S/C11H20N2O4/c1-11(2,17-3)6-12-10(16)13-8(9(14)15)7-4-5-7/h7-8H,4-6H2,1-3H3,(H,14,15)(H2,12,13,16). The largest absolute Gasteiger partial charge is 0.480 e. The van der Waals surface area contributed by atoms with E-state index in [1.54, 1.807) is 7.11 Å². The molecular weight excluding hydrogens is 224 g/mol. The van der Waals surface area contributed by atoms with E-state index < -0.39 is 23.6 Å². The predicted molar refractivity (Wildman–Crippen MR) is 61.8 cm³/mol. The van der Waals surface area contributed by atoms with Crippen molar-refractivity contribution >= 4 is 12.0 Å². The van der Waals surface area contributed by atoms with Crippen molar-refractivity contribution < 1.29 is 19.4 Å². The summed E-state index contributed by atoms with van der Waals surface area (Å²) in [5, 5.41) is 14.0. The predicted octanol–water partition coefficient (Wildman–Crippen LogP) is 0.574. The van der Waals surface area contributed by atoms with Crippen LogP contribution in [0, 0.1) is 5.92 Å². The molecule has 0 saturated heterocycles. The molecule has 98 valence electrons. The first-order valence-electron chi connectivity index (χ1n) is 5.68. The number of hydrogen-bond acceptors (Lipinski definition) is 3. The van der Waals surface area contributed by atoms with E-state index in [2.05, 4.69) is 10.6 Å². The fraction of sp³-hybridized carbons (Fsp3) is 0.818. The number of methoxy groups -OCH3 is 1. The van der Waals surface area contributed by atoms with Crippen molar-refractivity contribution in [2.24, 2.45) is 5.92 Å². The van der Waals surface area contributed by atoms with Gasteiger partial charge in [-0.15, -0.1) is 0 Å². The normalized spacial score (nSPS) is 17.4. The molecule has 6 nitrogen and oxygen atoms in total. The van der Waals surface area contributed by atoms with E-state index in [1.165, 1.54) is 0 Å². The van der Waals surface area contributed by atoms with Crippen LogP contribution >= 0.6 is 0 Å². The van der Waals surface area contributed by atoms with E-state index in [9.17, 15) is 9.59 Å². The molecular formula is C11H20N2O4. The number of ether oxygens (including phenoxy) is 1. The molecule has 2 amide bonds. The third-order valence-electron chi connectivity index (χ3n) is 2.87. The molecule has 1 rings (SSSR count). The highest BCUT2D eigenvalue weighted by atomic mass is 16.5. The van der Waals surface area contributed by atoms with Crippen molar-refractivity contribution in [3.8, 4) is 0 Å². The lowest BCUT2D eigenvalue weighted by atomic mass is 10.1. The Labute approximate surface area is 101 Å². The number of aliphatic carboxylic acids is 1. The van der Waals surface area contributed by atoms with Crippen molar-refractivity contribution in [3.05, 3.63) is 0 Å². The molecule has 6 heteroatoms. The summed E-state index contributed by atoms with van der Waals surface area (Å²) in [6, 6.07) is -1.24. The van der Waals surface area contributed by atoms with Gasteiger partial charge in [-0.2, -0.15) is 0 Å². The molecule has 0 aromatic rings. The van der Waals surface area contributed by atoms with Crippen molar-refractivity contribution in [1.29, 1.82) is 0 Å². The molecule has 0 spiro atoms. The van der Waals surface area contributed by atoms with Crippen LogP contribution in [0.1, 0.15) is 26.7 Å². The lowest BCUT2D eigenvalue weighted by molar-refractivity contribution is -0.139. The first-order valence-corrected chi connectivity index (χ1v) is 5.68. The van der Waals surface area contributed by atoms with Crippen LogP contribution in [-0.2, 0) is 9.53 Å². The highest BCUT2D eigenvalue weighted by Crippen LogP contribution is 2.32. The Kier molecular flexibility index (Phi) is 4.34. The number of hydrogen-bond donors (Lipinski definition) is 3. The zero-order valence-electron chi connectivity index (χ0n) is 10.4. The number of carbonyl (C=O) groups is 2. The van der Waals surface area contributed by atoms with Gasteiger partial charge in [-0.1, -0.05) is 0 Å². The van der Waals surface area contributed by atoms with E-state index in [4.69, 9.17) is 9.84 Å². The van der Waals surface area contributed by atoms with Gasteiger partial charge in [0.15, 0.2) is 0 Å². The molecule has 3 N–H and O–H groups in total. The van der Waals surface area contributed by atoms with Crippen LogP contribution in [-0.4, -0.2) is 42.4 Å². The molecule has 1 saturated carbocycles. The lowest BCUT2D eigenvalue weighted by Gasteiger charge is -2.23. The van der Waals surface area contributed by atoms with Gasteiger partial charge in [0.1, 0.15) is 6.04 Å². The molecule has 1 aliphatic rings. The molecule has 0 bridgehead atoms. The van der Waals surface area contributed by atoms with E-state index in [0.717, 1.165) is 12.8 Å². The maximum absolute atomic E-state index is 11.5.